The van der Waals surface area contributed by atoms with Crippen LogP contribution in [0.1, 0.15) is 19.4 Å². The Morgan fingerprint density at radius 1 is 1.10 bits per heavy atom. The molecular formula is C18H17NO2. The molecule has 3 rings (SSSR count). The van der Waals surface area contributed by atoms with Gasteiger partial charge in [0.2, 0.25) is 5.89 Å². The number of aromatic nitrogens is 1. The molecule has 0 spiro atoms. The molecule has 2 aromatic carbocycles. The molecule has 0 saturated heterocycles. The molecule has 0 radical (unpaired) electrons. The van der Waals surface area contributed by atoms with Crippen molar-refractivity contribution in [3.8, 4) is 11.5 Å². The van der Waals surface area contributed by atoms with Gasteiger partial charge in [-0.2, -0.15) is 0 Å². The van der Waals surface area contributed by atoms with Crippen molar-refractivity contribution in [1.82, 2.24) is 4.98 Å². The molecule has 0 aliphatic carbocycles. The number of hydrogen-bond donors (Lipinski definition) is 0. The van der Waals surface area contributed by atoms with Crippen LogP contribution in [0.5, 0.6) is 0 Å². The lowest BCUT2D eigenvalue weighted by molar-refractivity contribution is -0.121. The van der Waals surface area contributed by atoms with Gasteiger partial charge in [-0.3, -0.25) is 4.79 Å². The fourth-order valence-electron chi connectivity index (χ4n) is 2.17. The van der Waals surface area contributed by atoms with E-state index in [-0.39, 0.29) is 11.7 Å². The topological polar surface area (TPSA) is 43.1 Å². The van der Waals surface area contributed by atoms with Gasteiger partial charge < -0.3 is 4.42 Å². The third-order valence-electron chi connectivity index (χ3n) is 3.52. The summed E-state index contributed by atoms with van der Waals surface area (Å²) in [4.78, 5) is 16.2. The summed E-state index contributed by atoms with van der Waals surface area (Å²) < 4.78 is 5.74. The van der Waals surface area contributed by atoms with Crippen LogP contribution in [0.3, 0.4) is 0 Å². The van der Waals surface area contributed by atoms with Crippen molar-refractivity contribution < 1.29 is 9.21 Å². The minimum Gasteiger partial charge on any atom is -0.436 e. The van der Waals surface area contributed by atoms with E-state index in [1.807, 2.05) is 62.4 Å². The number of nitrogens with zero attached hydrogens (tertiary/aromatic N) is 1. The largest absolute Gasteiger partial charge is 0.436 e. The molecule has 3 heteroatoms. The molecule has 21 heavy (non-hydrogen) atoms. The first-order chi connectivity index (χ1) is 10.1. The van der Waals surface area contributed by atoms with E-state index in [1.54, 1.807) is 0 Å². The quantitative estimate of drug-likeness (QED) is 0.716. The number of oxazole rings is 1. The first-order valence-electron chi connectivity index (χ1n) is 7.11. The van der Waals surface area contributed by atoms with E-state index in [9.17, 15) is 4.79 Å². The smallest absolute Gasteiger partial charge is 0.227 e. The number of benzene rings is 2. The van der Waals surface area contributed by atoms with Gasteiger partial charge in [-0.25, -0.2) is 4.98 Å². The molecule has 0 amide bonds. The molecular weight excluding hydrogens is 262 g/mol. The predicted octanol–water partition coefficient (Wildman–Crippen LogP) is 4.26. The van der Waals surface area contributed by atoms with Crippen LogP contribution in [-0.4, -0.2) is 10.8 Å². The second-order valence-electron chi connectivity index (χ2n) is 5.48. The van der Waals surface area contributed by atoms with Crippen LogP contribution < -0.4 is 0 Å². The van der Waals surface area contributed by atoms with Gasteiger partial charge in [-0.1, -0.05) is 38.1 Å². The number of Topliss-reactive ketones (excluding diaryl/α,β-unsaturated/α-hetero) is 1. The molecule has 3 aromatic rings. The van der Waals surface area contributed by atoms with Gasteiger partial charge in [0, 0.05) is 17.9 Å². The number of carbonyl (C=O) groups excluding carboxylic acids is 1. The van der Waals surface area contributed by atoms with E-state index < -0.39 is 0 Å². The molecule has 106 valence electrons. The molecule has 0 unspecified atom stereocenters. The zero-order chi connectivity index (χ0) is 14.8. The molecule has 1 heterocycles. The average Bonchev–Trinajstić information content (AvgIpc) is 2.91. The number of ketones is 1. The summed E-state index contributed by atoms with van der Waals surface area (Å²) in [6.07, 6.45) is 0.478. The summed E-state index contributed by atoms with van der Waals surface area (Å²) in [6, 6.07) is 15.5. The normalized spacial score (nSPS) is 11.2. The van der Waals surface area contributed by atoms with E-state index in [1.165, 1.54) is 0 Å². The minimum atomic E-state index is 0.0710. The number of rotatable bonds is 4. The van der Waals surface area contributed by atoms with Crippen LogP contribution >= 0.6 is 0 Å². The molecule has 0 aliphatic rings. The lowest BCUT2D eigenvalue weighted by atomic mass is 10.0. The SMILES string of the molecule is CC(C)C(=O)Cc1ccc(-c2nc3ccccc3o2)cc1. The Labute approximate surface area is 123 Å². The van der Waals surface area contributed by atoms with Crippen molar-refractivity contribution >= 4 is 16.9 Å². The highest BCUT2D eigenvalue weighted by molar-refractivity contribution is 5.82. The maximum Gasteiger partial charge on any atom is 0.227 e. The van der Waals surface area contributed by atoms with Crippen molar-refractivity contribution in [3.63, 3.8) is 0 Å². The summed E-state index contributed by atoms with van der Waals surface area (Å²) in [5, 5.41) is 0. The van der Waals surface area contributed by atoms with Gasteiger partial charge in [0.15, 0.2) is 5.58 Å². The van der Waals surface area contributed by atoms with Crippen molar-refractivity contribution in [3.05, 3.63) is 54.1 Å². The highest BCUT2D eigenvalue weighted by Crippen LogP contribution is 2.24. The molecule has 3 nitrogen and oxygen atoms in total. The van der Waals surface area contributed by atoms with E-state index in [0.29, 0.717) is 12.3 Å². The molecule has 0 aliphatic heterocycles. The molecule has 1 aromatic heterocycles. The van der Waals surface area contributed by atoms with E-state index in [2.05, 4.69) is 4.98 Å². The van der Waals surface area contributed by atoms with Crippen molar-refractivity contribution in [2.45, 2.75) is 20.3 Å². The first kappa shape index (κ1) is 13.6. The fraction of sp³-hybridized carbons (Fsp3) is 0.222. The summed E-state index contributed by atoms with van der Waals surface area (Å²) in [5.41, 5.74) is 3.58. The highest BCUT2D eigenvalue weighted by Gasteiger charge is 2.10. The van der Waals surface area contributed by atoms with E-state index >= 15 is 0 Å². The zero-order valence-electron chi connectivity index (χ0n) is 12.2. The Kier molecular flexibility index (Phi) is 3.57. The summed E-state index contributed by atoms with van der Waals surface area (Å²) in [7, 11) is 0. The number of hydrogen-bond acceptors (Lipinski definition) is 3. The highest BCUT2D eigenvalue weighted by atomic mass is 16.3. The van der Waals surface area contributed by atoms with Crippen molar-refractivity contribution in [2.75, 3.05) is 0 Å². The third-order valence-corrected chi connectivity index (χ3v) is 3.52. The van der Waals surface area contributed by atoms with Crippen LogP contribution in [0.15, 0.2) is 52.9 Å². The Bertz CT molecular complexity index is 736. The Morgan fingerprint density at radius 2 is 1.81 bits per heavy atom. The Balaban J connectivity index is 1.85. The van der Waals surface area contributed by atoms with Crippen LogP contribution in [0.25, 0.3) is 22.6 Å². The van der Waals surface area contributed by atoms with Crippen molar-refractivity contribution in [2.24, 2.45) is 5.92 Å². The molecule has 0 atom stereocenters. The van der Waals surface area contributed by atoms with Gasteiger partial charge >= 0.3 is 0 Å². The van der Waals surface area contributed by atoms with Crippen LogP contribution in [0.2, 0.25) is 0 Å². The molecule has 0 fully saturated rings. The molecule has 0 bridgehead atoms. The van der Waals surface area contributed by atoms with Crippen molar-refractivity contribution in [1.29, 1.82) is 0 Å². The third kappa shape index (κ3) is 2.87. The monoisotopic (exact) mass is 279 g/mol. The van der Waals surface area contributed by atoms with Crippen LogP contribution in [0.4, 0.5) is 0 Å². The van der Waals surface area contributed by atoms with Gasteiger partial charge in [-0.15, -0.1) is 0 Å². The fourth-order valence-corrected chi connectivity index (χ4v) is 2.17. The van der Waals surface area contributed by atoms with E-state index in [0.717, 1.165) is 22.2 Å². The van der Waals surface area contributed by atoms with Gasteiger partial charge in [-0.05, 0) is 29.8 Å². The van der Waals surface area contributed by atoms with Crippen LogP contribution in [0, 0.1) is 5.92 Å². The minimum absolute atomic E-state index is 0.0710. The van der Waals surface area contributed by atoms with Gasteiger partial charge in [0.1, 0.15) is 11.3 Å². The Morgan fingerprint density at radius 3 is 2.48 bits per heavy atom. The van der Waals surface area contributed by atoms with Crippen LogP contribution in [-0.2, 0) is 11.2 Å². The van der Waals surface area contributed by atoms with Gasteiger partial charge in [0.25, 0.3) is 0 Å². The standard InChI is InChI=1S/C18H17NO2/c1-12(2)16(20)11-13-7-9-14(10-8-13)18-19-15-5-3-4-6-17(15)21-18/h3-10,12H,11H2,1-2H3. The number of para-hydroxylation sites is 2. The second kappa shape index (κ2) is 5.52. The maximum atomic E-state index is 11.8. The number of fused-ring (bicyclic) bond motifs is 1. The average molecular weight is 279 g/mol. The lowest BCUT2D eigenvalue weighted by Gasteiger charge is -2.04. The van der Waals surface area contributed by atoms with Gasteiger partial charge in [0.05, 0.1) is 0 Å². The summed E-state index contributed by atoms with van der Waals surface area (Å²) in [5.74, 6) is 0.935. The summed E-state index contributed by atoms with van der Waals surface area (Å²) >= 11 is 0. The predicted molar refractivity (Wildman–Crippen MR) is 83.0 cm³/mol. The number of carbonyl (C=O) groups is 1. The lowest BCUT2D eigenvalue weighted by Crippen LogP contribution is -2.09. The van der Waals surface area contributed by atoms with E-state index in [4.69, 9.17) is 4.42 Å². The Hall–Kier alpha value is -2.42. The maximum absolute atomic E-state index is 11.8. The second-order valence-corrected chi connectivity index (χ2v) is 5.48. The molecule has 0 saturated carbocycles. The first-order valence-corrected chi connectivity index (χ1v) is 7.11. The zero-order valence-corrected chi connectivity index (χ0v) is 12.2. The molecule has 0 N–H and O–H groups in total. The summed E-state index contributed by atoms with van der Waals surface area (Å²) in [6.45, 7) is 3.85.